The summed E-state index contributed by atoms with van der Waals surface area (Å²) in [4.78, 5) is 32.9. The molecule has 0 aliphatic carbocycles. The second-order valence-corrected chi connectivity index (χ2v) is 9.85. The van der Waals surface area contributed by atoms with Crippen molar-refractivity contribution in [3.05, 3.63) is 101 Å². The number of halogens is 1. The third-order valence-electron chi connectivity index (χ3n) is 5.97. The standard InChI is InChI=1S/C29H23ClN2O5S/c1-3-14-37-21-7-5-6-18(15-21)25-24(26(33)17-8-11-20(12-9-17)36-4-2)27(34)28(35)32(25)29-31-22-13-10-19(30)16-23(22)38-29/h3,5-13,15-16,25,33H,1,4,14H2,2H3/b26-24+. The van der Waals surface area contributed by atoms with Crippen LogP contribution in [-0.2, 0) is 9.59 Å². The minimum Gasteiger partial charge on any atom is -0.507 e. The number of ether oxygens (including phenoxy) is 2. The number of nitrogens with zero attached hydrogens (tertiary/aromatic N) is 2. The number of ketones is 1. The van der Waals surface area contributed by atoms with Gasteiger partial charge in [0.2, 0.25) is 0 Å². The summed E-state index contributed by atoms with van der Waals surface area (Å²) in [6.45, 7) is 6.33. The molecule has 1 aromatic heterocycles. The highest BCUT2D eigenvalue weighted by Crippen LogP contribution is 2.45. The molecule has 0 bridgehead atoms. The Labute approximate surface area is 228 Å². The molecule has 38 heavy (non-hydrogen) atoms. The van der Waals surface area contributed by atoms with Gasteiger partial charge in [-0.3, -0.25) is 14.5 Å². The number of hydrogen-bond donors (Lipinski definition) is 1. The zero-order valence-corrected chi connectivity index (χ0v) is 22.0. The smallest absolute Gasteiger partial charge is 0.301 e. The normalized spacial score (nSPS) is 16.7. The van der Waals surface area contributed by atoms with Crippen LogP contribution in [0.1, 0.15) is 24.1 Å². The number of fused-ring (bicyclic) bond motifs is 1. The molecule has 1 aliphatic rings. The van der Waals surface area contributed by atoms with E-state index in [-0.39, 0.29) is 17.9 Å². The summed E-state index contributed by atoms with van der Waals surface area (Å²) in [5, 5.41) is 12.2. The molecule has 1 amide bonds. The predicted molar refractivity (Wildman–Crippen MR) is 149 cm³/mol. The number of Topliss-reactive ketones (excluding diaryl/α,β-unsaturated/α-hetero) is 1. The quantitative estimate of drug-likeness (QED) is 0.117. The molecule has 1 atom stereocenters. The molecule has 0 saturated carbocycles. The first kappa shape index (κ1) is 25.5. The number of carbonyl (C=O) groups is 2. The van der Waals surface area contributed by atoms with Crippen molar-refractivity contribution in [2.75, 3.05) is 18.1 Å². The van der Waals surface area contributed by atoms with E-state index in [4.69, 9.17) is 21.1 Å². The van der Waals surface area contributed by atoms with Crippen molar-refractivity contribution >= 4 is 55.7 Å². The summed E-state index contributed by atoms with van der Waals surface area (Å²) in [5.41, 5.74) is 1.56. The lowest BCUT2D eigenvalue weighted by Crippen LogP contribution is -2.29. The van der Waals surface area contributed by atoms with Gasteiger partial charge in [0.25, 0.3) is 5.78 Å². The molecule has 4 aromatic rings. The van der Waals surface area contributed by atoms with Gasteiger partial charge in [-0.2, -0.15) is 0 Å². The van der Waals surface area contributed by atoms with Gasteiger partial charge < -0.3 is 14.6 Å². The van der Waals surface area contributed by atoms with Gasteiger partial charge in [-0.1, -0.05) is 47.7 Å². The van der Waals surface area contributed by atoms with E-state index in [0.29, 0.717) is 44.9 Å². The van der Waals surface area contributed by atoms with E-state index in [9.17, 15) is 14.7 Å². The van der Waals surface area contributed by atoms with Crippen LogP contribution in [0.4, 0.5) is 5.13 Å². The van der Waals surface area contributed by atoms with E-state index >= 15 is 0 Å². The number of aliphatic hydroxyl groups excluding tert-OH is 1. The SMILES string of the molecule is C=CCOc1cccc(C2/C(=C(\O)c3ccc(OCC)cc3)C(=O)C(=O)N2c2nc3ccc(Cl)cc3s2)c1. The van der Waals surface area contributed by atoms with E-state index in [1.807, 2.05) is 6.92 Å². The number of rotatable bonds is 8. The Morgan fingerprint density at radius 2 is 1.89 bits per heavy atom. The first-order valence-corrected chi connectivity index (χ1v) is 13.0. The first-order valence-electron chi connectivity index (χ1n) is 11.8. The first-order chi connectivity index (χ1) is 18.4. The van der Waals surface area contributed by atoms with Gasteiger partial charge in [0, 0.05) is 10.6 Å². The fourth-order valence-corrected chi connectivity index (χ4v) is 5.56. The number of amides is 1. The molecule has 192 valence electrons. The number of hydrogen-bond acceptors (Lipinski definition) is 7. The monoisotopic (exact) mass is 546 g/mol. The van der Waals surface area contributed by atoms with Gasteiger partial charge >= 0.3 is 5.91 Å². The summed E-state index contributed by atoms with van der Waals surface area (Å²) >= 11 is 7.40. The van der Waals surface area contributed by atoms with Crippen LogP contribution in [0.3, 0.4) is 0 Å². The van der Waals surface area contributed by atoms with Crippen molar-refractivity contribution in [3.8, 4) is 11.5 Å². The van der Waals surface area contributed by atoms with Gasteiger partial charge in [0.05, 0.1) is 28.4 Å². The van der Waals surface area contributed by atoms with Crippen LogP contribution >= 0.6 is 22.9 Å². The third kappa shape index (κ3) is 4.76. The van der Waals surface area contributed by atoms with Gasteiger partial charge in [0.15, 0.2) is 5.13 Å². The summed E-state index contributed by atoms with van der Waals surface area (Å²) in [6, 6.07) is 18.0. The van der Waals surface area contributed by atoms with E-state index < -0.39 is 17.7 Å². The van der Waals surface area contributed by atoms with E-state index in [0.717, 1.165) is 4.70 Å². The highest BCUT2D eigenvalue weighted by Gasteiger charge is 2.48. The summed E-state index contributed by atoms with van der Waals surface area (Å²) in [6.07, 6.45) is 1.62. The lowest BCUT2D eigenvalue weighted by atomic mass is 9.95. The third-order valence-corrected chi connectivity index (χ3v) is 7.22. The largest absolute Gasteiger partial charge is 0.507 e. The summed E-state index contributed by atoms with van der Waals surface area (Å²) < 4.78 is 12.0. The Balaban J connectivity index is 1.68. The Kier molecular flexibility index (Phi) is 7.18. The van der Waals surface area contributed by atoms with Crippen molar-refractivity contribution in [2.24, 2.45) is 0 Å². The molecular formula is C29H23ClN2O5S. The Morgan fingerprint density at radius 1 is 1.11 bits per heavy atom. The zero-order valence-electron chi connectivity index (χ0n) is 20.4. The molecule has 5 rings (SSSR count). The van der Waals surface area contributed by atoms with Gasteiger partial charge in [-0.05, 0) is 67.1 Å². The maximum Gasteiger partial charge on any atom is 0.301 e. The average Bonchev–Trinajstić information content (AvgIpc) is 3.45. The van der Waals surface area contributed by atoms with Crippen molar-refractivity contribution in [2.45, 2.75) is 13.0 Å². The number of carbonyl (C=O) groups excluding carboxylic acids is 2. The molecule has 3 aromatic carbocycles. The van der Waals surface area contributed by atoms with Gasteiger partial charge in [-0.15, -0.1) is 0 Å². The van der Waals surface area contributed by atoms with Crippen molar-refractivity contribution in [3.63, 3.8) is 0 Å². The lowest BCUT2D eigenvalue weighted by Gasteiger charge is -2.23. The fourth-order valence-electron chi connectivity index (χ4n) is 4.30. The molecule has 0 radical (unpaired) electrons. The highest BCUT2D eigenvalue weighted by molar-refractivity contribution is 7.22. The second-order valence-electron chi connectivity index (χ2n) is 8.41. The Bertz CT molecular complexity index is 1580. The van der Waals surface area contributed by atoms with Gasteiger partial charge in [-0.25, -0.2) is 4.98 Å². The van der Waals surface area contributed by atoms with Crippen molar-refractivity contribution in [1.29, 1.82) is 0 Å². The number of benzene rings is 3. The van der Waals surface area contributed by atoms with E-state index in [1.54, 1.807) is 72.8 Å². The molecular weight excluding hydrogens is 524 g/mol. The molecule has 1 fully saturated rings. The van der Waals surface area contributed by atoms with Crippen LogP contribution in [-0.4, -0.2) is 35.0 Å². The lowest BCUT2D eigenvalue weighted by molar-refractivity contribution is -0.132. The number of aliphatic hydroxyl groups is 1. The van der Waals surface area contributed by atoms with Crippen LogP contribution in [0.2, 0.25) is 5.02 Å². The fraction of sp³-hybridized carbons (Fsp3) is 0.138. The predicted octanol–water partition coefficient (Wildman–Crippen LogP) is 6.54. The van der Waals surface area contributed by atoms with Crippen LogP contribution < -0.4 is 14.4 Å². The number of thiazole rings is 1. The van der Waals surface area contributed by atoms with Crippen LogP contribution in [0.5, 0.6) is 11.5 Å². The van der Waals surface area contributed by atoms with Crippen molar-refractivity contribution < 1.29 is 24.2 Å². The maximum atomic E-state index is 13.5. The van der Waals surface area contributed by atoms with Crippen molar-refractivity contribution in [1.82, 2.24) is 4.98 Å². The summed E-state index contributed by atoms with van der Waals surface area (Å²) in [5.74, 6) is -0.729. The highest BCUT2D eigenvalue weighted by atomic mass is 35.5. The van der Waals surface area contributed by atoms with Crippen LogP contribution in [0.25, 0.3) is 16.0 Å². The number of anilines is 1. The van der Waals surface area contributed by atoms with Crippen LogP contribution in [0.15, 0.2) is 85.0 Å². The molecule has 7 nitrogen and oxygen atoms in total. The minimum atomic E-state index is -0.940. The molecule has 1 aliphatic heterocycles. The maximum absolute atomic E-state index is 13.5. The molecule has 0 spiro atoms. The second kappa shape index (κ2) is 10.7. The molecule has 9 heteroatoms. The van der Waals surface area contributed by atoms with E-state index in [1.165, 1.54) is 16.2 Å². The molecule has 1 saturated heterocycles. The number of aromatic nitrogens is 1. The topological polar surface area (TPSA) is 89.0 Å². The molecule has 2 heterocycles. The minimum absolute atomic E-state index is 0.0441. The molecule has 1 unspecified atom stereocenters. The van der Waals surface area contributed by atoms with E-state index in [2.05, 4.69) is 11.6 Å². The Hall–Kier alpha value is -4.14. The zero-order chi connectivity index (χ0) is 26.8. The average molecular weight is 547 g/mol. The summed E-state index contributed by atoms with van der Waals surface area (Å²) in [7, 11) is 0. The Morgan fingerprint density at radius 3 is 2.63 bits per heavy atom. The van der Waals surface area contributed by atoms with Crippen LogP contribution in [0, 0.1) is 0 Å². The molecule has 1 N–H and O–H groups in total. The van der Waals surface area contributed by atoms with Gasteiger partial charge in [0.1, 0.15) is 23.9 Å².